The lowest BCUT2D eigenvalue weighted by Gasteiger charge is -2.17. The average molecular weight is 506 g/mol. The van der Waals surface area contributed by atoms with Crippen molar-refractivity contribution in [1.82, 2.24) is 20.2 Å². The number of nitrogens with one attached hydrogen (secondary N) is 4. The summed E-state index contributed by atoms with van der Waals surface area (Å²) in [5, 5.41) is 22.1. The van der Waals surface area contributed by atoms with Crippen LogP contribution in [0, 0.1) is 5.41 Å². The second kappa shape index (κ2) is 10.8. The van der Waals surface area contributed by atoms with E-state index in [1.165, 1.54) is 0 Å². The van der Waals surface area contributed by atoms with Crippen LogP contribution in [0.1, 0.15) is 12.0 Å². The third kappa shape index (κ3) is 6.03. The molecule has 4 aromatic rings. The van der Waals surface area contributed by atoms with E-state index in [1.807, 2.05) is 66.7 Å². The number of hydrogen-bond donors (Lipinski definition) is 4. The van der Waals surface area contributed by atoms with Crippen LogP contribution < -0.4 is 10.6 Å². The summed E-state index contributed by atoms with van der Waals surface area (Å²) in [7, 11) is 1.64. The van der Waals surface area contributed by atoms with Crippen molar-refractivity contribution in [2.75, 3.05) is 24.3 Å². The van der Waals surface area contributed by atoms with Gasteiger partial charge in [0.15, 0.2) is 5.82 Å². The van der Waals surface area contributed by atoms with Gasteiger partial charge in [0.2, 0.25) is 5.95 Å². The van der Waals surface area contributed by atoms with Crippen molar-refractivity contribution in [3.8, 4) is 11.3 Å². The summed E-state index contributed by atoms with van der Waals surface area (Å²) >= 11 is 3.49. The van der Waals surface area contributed by atoms with Crippen molar-refractivity contribution in [3.63, 3.8) is 0 Å². The number of halogens is 1. The lowest BCUT2D eigenvalue weighted by molar-refractivity contribution is 0.119. The molecule has 0 aliphatic rings. The number of ether oxygens (including phenoxy) is 1. The highest BCUT2D eigenvalue weighted by Gasteiger charge is 2.14. The number of rotatable bonds is 10. The Hall–Kier alpha value is -3.56. The molecule has 4 N–H and O–H groups in total. The molecular formula is C24H24BrN7O. The lowest BCUT2D eigenvalue weighted by atomic mass is 10.0. The first kappa shape index (κ1) is 22.6. The first-order valence-electron chi connectivity index (χ1n) is 10.4. The molecule has 0 aliphatic heterocycles. The quantitative estimate of drug-likeness (QED) is 0.219. The molecule has 2 heterocycles. The molecule has 8 nitrogen and oxygen atoms in total. The van der Waals surface area contributed by atoms with Crippen molar-refractivity contribution < 1.29 is 4.74 Å². The topological polar surface area (TPSA) is 112 Å². The largest absolute Gasteiger partial charge is 0.379 e. The van der Waals surface area contributed by atoms with Crippen LogP contribution in [-0.4, -0.2) is 45.6 Å². The molecule has 0 radical (unpaired) electrons. The zero-order valence-corrected chi connectivity index (χ0v) is 19.6. The molecule has 0 saturated carbocycles. The fourth-order valence-corrected chi connectivity index (χ4v) is 3.53. The second-order valence-electron chi connectivity index (χ2n) is 7.34. The Kier molecular flexibility index (Phi) is 7.43. The summed E-state index contributed by atoms with van der Waals surface area (Å²) in [5.74, 6) is 1.77. The van der Waals surface area contributed by atoms with Crippen LogP contribution in [0.4, 0.5) is 17.6 Å². The number of H-pyrrole nitrogens is 1. The zero-order valence-electron chi connectivity index (χ0n) is 18.0. The summed E-state index contributed by atoms with van der Waals surface area (Å²) in [6.07, 6.45) is 1.97. The van der Waals surface area contributed by atoms with Crippen molar-refractivity contribution in [2.24, 2.45) is 0 Å². The van der Waals surface area contributed by atoms with Crippen LogP contribution in [0.25, 0.3) is 11.3 Å². The molecular weight excluding hydrogens is 482 g/mol. The zero-order chi connectivity index (χ0) is 23.0. The standard InChI is InChI=1S/C24H24BrN7O/c1-33-18(12-20(26)16-8-4-2-5-9-16)14-27-24-28-15-19(25)23(30-24)29-22-13-21(31-32-22)17-10-6-3-7-11-17/h2-11,13,15,18,26H,12,14H2,1H3,(H3,27,28,29,30,31,32). The molecule has 1 unspecified atom stereocenters. The molecule has 168 valence electrons. The minimum atomic E-state index is -0.192. The van der Waals surface area contributed by atoms with Gasteiger partial charge in [0, 0.05) is 43.6 Å². The highest BCUT2D eigenvalue weighted by atomic mass is 79.9. The maximum atomic E-state index is 8.33. The summed E-state index contributed by atoms with van der Waals surface area (Å²) in [4.78, 5) is 8.89. The molecule has 0 fully saturated rings. The molecule has 0 bridgehead atoms. The van der Waals surface area contributed by atoms with Gasteiger partial charge in [-0.1, -0.05) is 60.7 Å². The Balaban J connectivity index is 1.39. The summed E-state index contributed by atoms with van der Waals surface area (Å²) < 4.78 is 6.28. The van der Waals surface area contributed by atoms with E-state index < -0.39 is 0 Å². The third-order valence-corrected chi connectivity index (χ3v) is 5.60. The molecule has 33 heavy (non-hydrogen) atoms. The molecule has 9 heteroatoms. The van der Waals surface area contributed by atoms with E-state index in [-0.39, 0.29) is 6.10 Å². The summed E-state index contributed by atoms with van der Waals surface area (Å²) in [6.45, 7) is 0.467. The Labute approximate surface area is 200 Å². The Bertz CT molecular complexity index is 1200. The van der Waals surface area contributed by atoms with Gasteiger partial charge in [-0.15, -0.1) is 0 Å². The van der Waals surface area contributed by atoms with Crippen LogP contribution >= 0.6 is 15.9 Å². The number of aromatic amines is 1. The molecule has 0 saturated heterocycles. The van der Waals surface area contributed by atoms with Crippen molar-refractivity contribution in [1.29, 1.82) is 5.41 Å². The molecule has 0 aliphatic carbocycles. The van der Waals surface area contributed by atoms with Crippen LogP contribution in [0.15, 0.2) is 77.4 Å². The van der Waals surface area contributed by atoms with Gasteiger partial charge in [-0.05, 0) is 21.5 Å². The molecule has 0 amide bonds. The van der Waals surface area contributed by atoms with Crippen LogP contribution in [-0.2, 0) is 4.74 Å². The van der Waals surface area contributed by atoms with E-state index in [9.17, 15) is 0 Å². The van der Waals surface area contributed by atoms with Gasteiger partial charge in [-0.25, -0.2) is 4.98 Å². The van der Waals surface area contributed by atoms with E-state index in [2.05, 4.69) is 46.7 Å². The fraction of sp³-hybridized carbons (Fsp3) is 0.167. The number of methoxy groups -OCH3 is 1. The third-order valence-electron chi connectivity index (χ3n) is 5.02. The summed E-state index contributed by atoms with van der Waals surface area (Å²) in [6, 6.07) is 21.5. The number of hydrogen-bond acceptors (Lipinski definition) is 7. The lowest BCUT2D eigenvalue weighted by Crippen LogP contribution is -2.26. The van der Waals surface area contributed by atoms with Gasteiger partial charge in [0.1, 0.15) is 5.82 Å². The Morgan fingerprint density at radius 2 is 1.85 bits per heavy atom. The fourth-order valence-electron chi connectivity index (χ4n) is 3.24. The minimum Gasteiger partial charge on any atom is -0.379 e. The number of aromatic nitrogens is 4. The number of benzene rings is 2. The van der Waals surface area contributed by atoms with Crippen molar-refractivity contribution >= 4 is 39.2 Å². The maximum absolute atomic E-state index is 8.33. The summed E-state index contributed by atoms with van der Waals surface area (Å²) in [5.41, 5.74) is 3.28. The van der Waals surface area contributed by atoms with Gasteiger partial charge in [0.05, 0.1) is 16.3 Å². The molecule has 2 aromatic heterocycles. The normalized spacial score (nSPS) is 11.7. The van der Waals surface area contributed by atoms with Gasteiger partial charge >= 0.3 is 0 Å². The monoisotopic (exact) mass is 505 g/mol. The van der Waals surface area contributed by atoms with Crippen LogP contribution in [0.2, 0.25) is 0 Å². The van der Waals surface area contributed by atoms with E-state index in [4.69, 9.17) is 10.1 Å². The first-order chi connectivity index (χ1) is 16.1. The van der Waals surface area contributed by atoms with Crippen molar-refractivity contribution in [2.45, 2.75) is 12.5 Å². The van der Waals surface area contributed by atoms with E-state index >= 15 is 0 Å². The first-order valence-corrected chi connectivity index (χ1v) is 11.2. The van der Waals surface area contributed by atoms with E-state index in [0.717, 1.165) is 21.3 Å². The molecule has 4 rings (SSSR count). The van der Waals surface area contributed by atoms with Gasteiger partial charge in [-0.2, -0.15) is 10.1 Å². The van der Waals surface area contributed by atoms with Gasteiger partial charge in [-0.3, -0.25) is 5.10 Å². The molecule has 2 aromatic carbocycles. The second-order valence-corrected chi connectivity index (χ2v) is 8.19. The SMILES string of the molecule is COC(CNc1ncc(Br)c(Nc2cc(-c3ccccc3)n[nH]2)n1)CC(=N)c1ccccc1. The Morgan fingerprint density at radius 3 is 2.58 bits per heavy atom. The highest BCUT2D eigenvalue weighted by Crippen LogP contribution is 2.26. The number of anilines is 3. The van der Waals surface area contributed by atoms with Crippen molar-refractivity contribution in [3.05, 3.63) is 83.0 Å². The predicted molar refractivity (Wildman–Crippen MR) is 134 cm³/mol. The van der Waals surface area contributed by atoms with E-state index in [0.29, 0.717) is 36.3 Å². The van der Waals surface area contributed by atoms with Crippen LogP contribution in [0.3, 0.4) is 0 Å². The number of nitrogens with zero attached hydrogens (tertiary/aromatic N) is 3. The maximum Gasteiger partial charge on any atom is 0.224 e. The Morgan fingerprint density at radius 1 is 1.12 bits per heavy atom. The smallest absolute Gasteiger partial charge is 0.224 e. The van der Waals surface area contributed by atoms with Gasteiger partial charge in [0.25, 0.3) is 0 Å². The minimum absolute atomic E-state index is 0.192. The highest BCUT2D eigenvalue weighted by molar-refractivity contribution is 9.10. The molecule has 0 spiro atoms. The average Bonchev–Trinajstić information content (AvgIpc) is 3.33. The van der Waals surface area contributed by atoms with Crippen LogP contribution in [0.5, 0.6) is 0 Å². The predicted octanol–water partition coefficient (Wildman–Crippen LogP) is 5.26. The van der Waals surface area contributed by atoms with Gasteiger partial charge < -0.3 is 20.8 Å². The molecule has 1 atom stereocenters. The van der Waals surface area contributed by atoms with E-state index in [1.54, 1.807) is 13.3 Å².